The van der Waals surface area contributed by atoms with E-state index < -0.39 is 17.6 Å². The lowest BCUT2D eigenvalue weighted by Crippen LogP contribution is -2.65. The number of amides is 3. The highest BCUT2D eigenvalue weighted by atomic mass is 16.5. The number of piperazine rings is 1. The number of carboxylic acids is 1. The second-order valence-electron chi connectivity index (χ2n) is 5.81. The third-order valence-corrected chi connectivity index (χ3v) is 3.96. The summed E-state index contributed by atoms with van der Waals surface area (Å²) in [4.78, 5) is 36.3. The molecule has 3 amide bonds. The van der Waals surface area contributed by atoms with Crippen LogP contribution in [0.5, 0.6) is 0 Å². The van der Waals surface area contributed by atoms with E-state index in [1.165, 1.54) is 4.90 Å². The van der Waals surface area contributed by atoms with Crippen molar-refractivity contribution < 1.29 is 24.2 Å². The van der Waals surface area contributed by atoms with E-state index in [0.717, 1.165) is 0 Å². The minimum atomic E-state index is -0.974. The molecule has 2 heterocycles. The lowest BCUT2D eigenvalue weighted by atomic mass is 9.99. The minimum absolute atomic E-state index is 0.188. The van der Waals surface area contributed by atoms with Gasteiger partial charge in [-0.2, -0.15) is 0 Å². The van der Waals surface area contributed by atoms with E-state index in [9.17, 15) is 14.4 Å². The summed E-state index contributed by atoms with van der Waals surface area (Å²) in [7, 11) is 0. The van der Waals surface area contributed by atoms with E-state index in [-0.39, 0.29) is 24.6 Å². The average molecular weight is 299 g/mol. The molecule has 21 heavy (non-hydrogen) atoms. The van der Waals surface area contributed by atoms with E-state index in [1.807, 2.05) is 0 Å². The summed E-state index contributed by atoms with van der Waals surface area (Å²) in [6.07, 6.45) is -0.0323. The molecule has 8 heteroatoms. The summed E-state index contributed by atoms with van der Waals surface area (Å²) in [5, 5.41) is 14.3. The second kappa shape index (κ2) is 5.88. The van der Waals surface area contributed by atoms with Gasteiger partial charge in [-0.25, -0.2) is 9.59 Å². The van der Waals surface area contributed by atoms with Gasteiger partial charge in [0.15, 0.2) is 6.10 Å². The van der Waals surface area contributed by atoms with Gasteiger partial charge >= 0.3 is 12.0 Å². The molecule has 2 aliphatic rings. The van der Waals surface area contributed by atoms with Crippen molar-refractivity contribution in [3.8, 4) is 0 Å². The van der Waals surface area contributed by atoms with Gasteiger partial charge in [-0.3, -0.25) is 4.79 Å². The Morgan fingerprint density at radius 2 is 2.19 bits per heavy atom. The van der Waals surface area contributed by atoms with Crippen LogP contribution in [-0.4, -0.2) is 65.3 Å². The van der Waals surface area contributed by atoms with E-state index >= 15 is 0 Å². The van der Waals surface area contributed by atoms with Crippen molar-refractivity contribution in [2.75, 3.05) is 19.6 Å². The van der Waals surface area contributed by atoms with Crippen molar-refractivity contribution in [2.45, 2.75) is 44.4 Å². The predicted octanol–water partition coefficient (Wildman–Crippen LogP) is -0.461. The quantitative estimate of drug-likeness (QED) is 0.653. The number of rotatable bonds is 3. The van der Waals surface area contributed by atoms with Gasteiger partial charge in [0, 0.05) is 19.6 Å². The number of carbonyl (C=O) groups is 3. The van der Waals surface area contributed by atoms with Crippen LogP contribution < -0.4 is 10.6 Å². The Balaban J connectivity index is 1.85. The molecule has 0 aromatic carbocycles. The molecule has 0 aliphatic carbocycles. The third kappa shape index (κ3) is 3.26. The fraction of sp³-hybridized carbons (Fsp3) is 0.769. The first-order valence-corrected chi connectivity index (χ1v) is 7.04. The lowest BCUT2D eigenvalue weighted by Gasteiger charge is -2.41. The van der Waals surface area contributed by atoms with Crippen molar-refractivity contribution in [1.82, 2.24) is 15.5 Å². The van der Waals surface area contributed by atoms with Gasteiger partial charge in [-0.15, -0.1) is 0 Å². The number of carbonyl (C=O) groups excluding carboxylic acids is 2. The molecule has 3 N–H and O–H groups in total. The number of carboxylic acid groups (broad SMARTS) is 1. The molecule has 2 rings (SSSR count). The Morgan fingerprint density at radius 1 is 1.48 bits per heavy atom. The van der Waals surface area contributed by atoms with Gasteiger partial charge in [0.1, 0.15) is 5.54 Å². The summed E-state index contributed by atoms with van der Waals surface area (Å²) < 4.78 is 5.32. The smallest absolute Gasteiger partial charge is 0.332 e. The number of nitrogens with zero attached hydrogens (tertiary/aromatic N) is 1. The molecule has 8 nitrogen and oxygen atoms in total. The van der Waals surface area contributed by atoms with Crippen molar-refractivity contribution in [2.24, 2.45) is 0 Å². The Labute approximate surface area is 122 Å². The van der Waals surface area contributed by atoms with Crippen LogP contribution in [0, 0.1) is 0 Å². The number of urea groups is 1. The maximum atomic E-state index is 12.2. The number of ether oxygens (including phenoxy) is 1. The highest BCUT2D eigenvalue weighted by Crippen LogP contribution is 2.20. The van der Waals surface area contributed by atoms with Crippen LogP contribution in [0.3, 0.4) is 0 Å². The number of hydrogen-bond donors (Lipinski definition) is 3. The molecule has 2 aliphatic heterocycles. The third-order valence-electron chi connectivity index (χ3n) is 3.96. The Hall–Kier alpha value is -1.83. The summed E-state index contributed by atoms with van der Waals surface area (Å²) >= 11 is 0. The first kappa shape index (κ1) is 15.6. The second-order valence-corrected chi connectivity index (χ2v) is 5.81. The zero-order valence-corrected chi connectivity index (χ0v) is 12.2. The minimum Gasteiger partial charge on any atom is -0.479 e. The number of hydrogen-bond acceptors (Lipinski definition) is 4. The standard InChI is InChI=1S/C13H21N3O5/c1-13(2)11(19)14-5-6-16(13)12(20)15-7-8-3-4-9(21-8)10(17)18/h8-9H,3-7H2,1-2H3,(H,14,19)(H,15,20)(H,17,18). The van der Waals surface area contributed by atoms with Crippen LogP contribution in [0.2, 0.25) is 0 Å². The summed E-state index contributed by atoms with van der Waals surface area (Å²) in [5.74, 6) is -1.16. The van der Waals surface area contributed by atoms with Gasteiger partial charge < -0.3 is 25.4 Å². The molecule has 0 bridgehead atoms. The topological polar surface area (TPSA) is 108 Å². The molecule has 0 aromatic heterocycles. The molecule has 2 unspecified atom stereocenters. The van der Waals surface area contributed by atoms with Gasteiger partial charge in [0.2, 0.25) is 5.91 Å². The number of aliphatic carboxylic acids is 1. The van der Waals surface area contributed by atoms with Gasteiger partial charge in [0.25, 0.3) is 0 Å². The van der Waals surface area contributed by atoms with Gasteiger partial charge in [-0.05, 0) is 26.7 Å². The number of nitrogens with one attached hydrogen (secondary N) is 2. The van der Waals surface area contributed by atoms with Crippen molar-refractivity contribution >= 4 is 17.9 Å². The van der Waals surface area contributed by atoms with Crippen molar-refractivity contribution in [3.05, 3.63) is 0 Å². The van der Waals surface area contributed by atoms with Crippen LogP contribution in [0.15, 0.2) is 0 Å². The van der Waals surface area contributed by atoms with Crippen molar-refractivity contribution in [1.29, 1.82) is 0 Å². The Morgan fingerprint density at radius 3 is 2.81 bits per heavy atom. The Bertz CT molecular complexity index is 451. The molecule has 0 radical (unpaired) electrons. The molecule has 2 atom stereocenters. The molecule has 2 fully saturated rings. The van der Waals surface area contributed by atoms with E-state index in [4.69, 9.17) is 9.84 Å². The zero-order valence-electron chi connectivity index (χ0n) is 12.2. The maximum absolute atomic E-state index is 12.2. The lowest BCUT2D eigenvalue weighted by molar-refractivity contribution is -0.149. The molecule has 0 spiro atoms. The highest BCUT2D eigenvalue weighted by molar-refractivity contribution is 5.91. The van der Waals surface area contributed by atoms with Crippen LogP contribution >= 0.6 is 0 Å². The normalized spacial score (nSPS) is 28.1. The zero-order chi connectivity index (χ0) is 15.6. The fourth-order valence-corrected chi connectivity index (χ4v) is 2.59. The summed E-state index contributed by atoms with van der Waals surface area (Å²) in [6.45, 7) is 4.49. The van der Waals surface area contributed by atoms with Crippen molar-refractivity contribution in [3.63, 3.8) is 0 Å². The summed E-state index contributed by atoms with van der Waals surface area (Å²) in [6, 6.07) is -0.336. The maximum Gasteiger partial charge on any atom is 0.332 e. The first-order chi connectivity index (χ1) is 9.82. The fourth-order valence-electron chi connectivity index (χ4n) is 2.59. The summed E-state index contributed by atoms with van der Waals surface area (Å²) in [5.41, 5.74) is -0.900. The SMILES string of the molecule is CC1(C)C(=O)NCCN1C(=O)NCC1CCC(C(=O)O)O1. The average Bonchev–Trinajstić information content (AvgIpc) is 2.88. The highest BCUT2D eigenvalue weighted by Gasteiger charge is 2.40. The van der Waals surface area contributed by atoms with E-state index in [0.29, 0.717) is 25.9 Å². The Kier molecular flexibility index (Phi) is 4.36. The van der Waals surface area contributed by atoms with Gasteiger partial charge in [-0.1, -0.05) is 0 Å². The molecule has 118 valence electrons. The van der Waals surface area contributed by atoms with Crippen LogP contribution in [0.25, 0.3) is 0 Å². The van der Waals surface area contributed by atoms with Gasteiger partial charge in [0.05, 0.1) is 6.10 Å². The molecular weight excluding hydrogens is 278 g/mol. The first-order valence-electron chi connectivity index (χ1n) is 7.04. The molecular formula is C13H21N3O5. The van der Waals surface area contributed by atoms with Crippen LogP contribution in [-0.2, 0) is 14.3 Å². The largest absolute Gasteiger partial charge is 0.479 e. The predicted molar refractivity (Wildman–Crippen MR) is 72.7 cm³/mol. The monoisotopic (exact) mass is 299 g/mol. The van der Waals surface area contributed by atoms with Crippen LogP contribution in [0.1, 0.15) is 26.7 Å². The molecule has 2 saturated heterocycles. The molecule has 0 saturated carbocycles. The molecule has 0 aromatic rings. The van der Waals surface area contributed by atoms with E-state index in [2.05, 4.69) is 10.6 Å². The van der Waals surface area contributed by atoms with E-state index in [1.54, 1.807) is 13.8 Å². The van der Waals surface area contributed by atoms with Crippen LogP contribution in [0.4, 0.5) is 4.79 Å².